The molecule has 0 bridgehead atoms. The summed E-state index contributed by atoms with van der Waals surface area (Å²) in [7, 11) is 5.34. The maximum Gasteiger partial charge on any atom is 0.291 e. The second-order valence-corrected chi connectivity index (χ2v) is 2.01. The van der Waals surface area contributed by atoms with Crippen LogP contribution >= 0.6 is 0 Å². The predicted molar refractivity (Wildman–Crippen MR) is 34.2 cm³/mol. The van der Waals surface area contributed by atoms with E-state index in [0.717, 1.165) is 0 Å². The Morgan fingerprint density at radius 1 is 1.44 bits per heavy atom. The van der Waals surface area contributed by atoms with Gasteiger partial charge in [-0.05, 0) is 0 Å². The zero-order valence-electron chi connectivity index (χ0n) is 6.22. The third kappa shape index (κ3) is 2.43. The zero-order valence-corrected chi connectivity index (χ0v) is 6.22. The van der Waals surface area contributed by atoms with Crippen molar-refractivity contribution in [2.24, 2.45) is 0 Å². The molecule has 0 aliphatic carbocycles. The molecule has 0 saturated heterocycles. The highest BCUT2D eigenvalue weighted by molar-refractivity contribution is 5.75. The van der Waals surface area contributed by atoms with Crippen LogP contribution in [0.15, 0.2) is 0 Å². The molecular formula is C5H14N3O+. The number of hydrazine groups is 1. The topological polar surface area (TPSA) is 51.2 Å². The molecule has 0 aromatic carbocycles. The molecule has 0 fully saturated rings. The van der Waals surface area contributed by atoms with Crippen molar-refractivity contribution in [3.05, 3.63) is 0 Å². The minimum absolute atomic E-state index is 0.0278. The van der Waals surface area contributed by atoms with Crippen LogP contribution in [-0.2, 0) is 4.79 Å². The van der Waals surface area contributed by atoms with E-state index < -0.39 is 0 Å². The van der Waals surface area contributed by atoms with Gasteiger partial charge in [0.15, 0.2) is 6.54 Å². The van der Waals surface area contributed by atoms with Crippen molar-refractivity contribution in [2.45, 2.75) is 0 Å². The van der Waals surface area contributed by atoms with Crippen molar-refractivity contribution in [1.29, 1.82) is 0 Å². The Bertz CT molecular complexity index is 102. The standard InChI is InChI=1S/C5H13N3O/c1-7(2)8(3)5(9)4-6/h4,6H2,1-3H3/p+1. The number of amides is 1. The average molecular weight is 132 g/mol. The minimum atomic E-state index is 0.0278. The lowest BCUT2D eigenvalue weighted by molar-refractivity contribution is -0.358. The third-order valence-electron chi connectivity index (χ3n) is 1.17. The van der Waals surface area contributed by atoms with E-state index in [-0.39, 0.29) is 5.91 Å². The molecule has 0 aliphatic rings. The fourth-order valence-corrected chi connectivity index (χ4v) is 0.385. The first kappa shape index (κ1) is 8.39. The smallest absolute Gasteiger partial charge is 0.291 e. The maximum absolute atomic E-state index is 10.8. The molecule has 1 amide bonds. The lowest BCUT2D eigenvalue weighted by atomic mass is 10.6. The number of quaternary nitrogens is 1. The van der Waals surface area contributed by atoms with Crippen LogP contribution in [0.1, 0.15) is 0 Å². The summed E-state index contributed by atoms with van der Waals surface area (Å²) >= 11 is 0. The molecule has 0 rings (SSSR count). The third-order valence-corrected chi connectivity index (χ3v) is 1.17. The van der Waals surface area contributed by atoms with Crippen LogP contribution in [0.2, 0.25) is 0 Å². The second-order valence-electron chi connectivity index (χ2n) is 2.01. The molecule has 0 radical (unpaired) electrons. The molecule has 0 aliphatic heterocycles. The number of nitrogens with zero attached hydrogens (tertiary/aromatic N) is 2. The Hall–Kier alpha value is -0.610. The molecule has 0 saturated carbocycles. The molecule has 4 nitrogen and oxygen atoms in total. The Balaban J connectivity index is 3.72. The van der Waals surface area contributed by atoms with Crippen LogP contribution in [-0.4, -0.2) is 43.6 Å². The summed E-state index contributed by atoms with van der Waals surface area (Å²) in [5, 5.41) is 3.24. The monoisotopic (exact) mass is 132 g/mol. The molecule has 0 atom stereocenters. The first-order chi connectivity index (χ1) is 4.09. The summed E-state index contributed by atoms with van der Waals surface area (Å²) in [6.45, 7) is 0.314. The van der Waals surface area contributed by atoms with Crippen molar-refractivity contribution in [1.82, 2.24) is 10.0 Å². The Labute approximate surface area is 55.2 Å². The maximum atomic E-state index is 10.8. The van der Waals surface area contributed by atoms with Gasteiger partial charge in [-0.25, -0.2) is 5.01 Å². The minimum Gasteiger partial charge on any atom is -0.350 e. The van der Waals surface area contributed by atoms with E-state index in [2.05, 4.69) is 5.73 Å². The van der Waals surface area contributed by atoms with Crippen LogP contribution in [0.25, 0.3) is 0 Å². The Kier molecular flexibility index (Phi) is 3.19. The highest BCUT2D eigenvalue weighted by atomic mass is 16.2. The summed E-state index contributed by atoms with van der Waals surface area (Å²) in [6.07, 6.45) is 0. The summed E-state index contributed by atoms with van der Waals surface area (Å²) < 4.78 is 0. The van der Waals surface area contributed by atoms with Gasteiger partial charge in [-0.1, -0.05) is 0 Å². The SMILES string of the molecule is CN(C)N(C)C(=O)C[NH3+]. The van der Waals surface area contributed by atoms with E-state index in [0.29, 0.717) is 6.54 Å². The number of rotatable bonds is 2. The van der Waals surface area contributed by atoms with Crippen molar-refractivity contribution < 1.29 is 10.5 Å². The van der Waals surface area contributed by atoms with Crippen molar-refractivity contribution >= 4 is 5.91 Å². The summed E-state index contributed by atoms with van der Waals surface area (Å²) in [5.41, 5.74) is 3.47. The molecule has 0 spiro atoms. The van der Waals surface area contributed by atoms with E-state index in [1.54, 1.807) is 12.1 Å². The van der Waals surface area contributed by atoms with Gasteiger partial charge in [0.25, 0.3) is 5.91 Å². The van der Waals surface area contributed by atoms with E-state index in [4.69, 9.17) is 0 Å². The summed E-state index contributed by atoms with van der Waals surface area (Å²) in [5.74, 6) is 0.0278. The van der Waals surface area contributed by atoms with Crippen molar-refractivity contribution in [3.8, 4) is 0 Å². The van der Waals surface area contributed by atoms with E-state index in [1.165, 1.54) is 5.01 Å². The first-order valence-electron chi connectivity index (χ1n) is 2.82. The molecular weight excluding hydrogens is 118 g/mol. The van der Waals surface area contributed by atoms with E-state index in [9.17, 15) is 4.79 Å². The quantitative estimate of drug-likeness (QED) is 0.449. The number of likely N-dealkylation sites (N-methyl/N-ethyl adjacent to an activating group) is 1. The number of hydrogen-bond donors (Lipinski definition) is 1. The largest absolute Gasteiger partial charge is 0.350 e. The van der Waals surface area contributed by atoms with Gasteiger partial charge in [0.2, 0.25) is 0 Å². The molecule has 3 N–H and O–H groups in total. The van der Waals surface area contributed by atoms with Crippen molar-refractivity contribution in [2.75, 3.05) is 27.7 Å². The average Bonchev–Trinajstić information content (AvgIpc) is 1.84. The highest BCUT2D eigenvalue weighted by Crippen LogP contribution is 1.83. The van der Waals surface area contributed by atoms with Crippen LogP contribution in [0.3, 0.4) is 0 Å². The number of carbonyl (C=O) groups is 1. The molecule has 9 heavy (non-hydrogen) atoms. The van der Waals surface area contributed by atoms with Gasteiger partial charge in [-0.3, -0.25) is 9.80 Å². The number of carbonyl (C=O) groups excluding carboxylic acids is 1. The normalized spacial score (nSPS) is 9.89. The van der Waals surface area contributed by atoms with Crippen molar-refractivity contribution in [3.63, 3.8) is 0 Å². The summed E-state index contributed by atoms with van der Waals surface area (Å²) in [6, 6.07) is 0. The van der Waals surface area contributed by atoms with Crippen LogP contribution < -0.4 is 5.73 Å². The zero-order chi connectivity index (χ0) is 7.44. The number of hydrogen-bond acceptors (Lipinski definition) is 2. The van der Waals surface area contributed by atoms with E-state index in [1.807, 2.05) is 14.1 Å². The van der Waals surface area contributed by atoms with Gasteiger partial charge in [0, 0.05) is 21.1 Å². The molecule has 0 unspecified atom stereocenters. The molecule has 0 aromatic rings. The highest BCUT2D eigenvalue weighted by Gasteiger charge is 2.08. The van der Waals surface area contributed by atoms with Crippen LogP contribution in [0.4, 0.5) is 0 Å². The first-order valence-corrected chi connectivity index (χ1v) is 2.82. The van der Waals surface area contributed by atoms with Gasteiger partial charge in [-0.15, -0.1) is 0 Å². The second kappa shape index (κ2) is 3.42. The summed E-state index contributed by atoms with van der Waals surface area (Å²) in [4.78, 5) is 10.8. The molecule has 4 heteroatoms. The molecule has 0 heterocycles. The lowest BCUT2D eigenvalue weighted by Crippen LogP contribution is -2.59. The van der Waals surface area contributed by atoms with Gasteiger partial charge in [-0.2, -0.15) is 0 Å². The van der Waals surface area contributed by atoms with Gasteiger partial charge >= 0.3 is 0 Å². The van der Waals surface area contributed by atoms with Crippen LogP contribution in [0, 0.1) is 0 Å². The van der Waals surface area contributed by atoms with Gasteiger partial charge < -0.3 is 5.73 Å². The lowest BCUT2D eigenvalue weighted by Gasteiger charge is -2.22. The predicted octanol–water partition coefficient (Wildman–Crippen LogP) is -1.84. The van der Waals surface area contributed by atoms with Crippen LogP contribution in [0.5, 0.6) is 0 Å². The van der Waals surface area contributed by atoms with Gasteiger partial charge in [0.05, 0.1) is 0 Å². The Morgan fingerprint density at radius 2 is 1.89 bits per heavy atom. The fraction of sp³-hybridized carbons (Fsp3) is 0.800. The molecule has 0 aromatic heterocycles. The Morgan fingerprint density at radius 3 is 2.00 bits per heavy atom. The fourth-order valence-electron chi connectivity index (χ4n) is 0.385. The molecule has 54 valence electrons. The van der Waals surface area contributed by atoms with Gasteiger partial charge in [0.1, 0.15) is 0 Å². The van der Waals surface area contributed by atoms with E-state index >= 15 is 0 Å².